The Morgan fingerprint density at radius 3 is 2.89 bits per heavy atom. The molecule has 0 aromatic heterocycles. The molecule has 0 aliphatic heterocycles. The van der Waals surface area contributed by atoms with Crippen LogP contribution in [0, 0.1) is 0 Å². The minimum Gasteiger partial charge on any atom is -0.493 e. The van der Waals surface area contributed by atoms with Crippen molar-refractivity contribution in [2.75, 3.05) is 33.5 Å². The third kappa shape index (κ3) is 5.82. The Morgan fingerprint density at radius 2 is 2.17 bits per heavy atom. The van der Waals surface area contributed by atoms with Crippen LogP contribution in [-0.2, 0) is 11.3 Å². The van der Waals surface area contributed by atoms with Gasteiger partial charge in [-0.1, -0.05) is 15.9 Å². The van der Waals surface area contributed by atoms with E-state index in [2.05, 4.69) is 21.2 Å². The average Bonchev–Trinajstić information content (AvgIpc) is 2.37. The van der Waals surface area contributed by atoms with Gasteiger partial charge in [0, 0.05) is 43.3 Å². The molecule has 1 rings (SSSR count). The zero-order valence-electron chi connectivity index (χ0n) is 10.6. The van der Waals surface area contributed by atoms with Gasteiger partial charge in [0.15, 0.2) is 0 Å². The van der Waals surface area contributed by atoms with E-state index in [1.165, 1.54) is 0 Å². The van der Waals surface area contributed by atoms with Crippen LogP contribution in [0.1, 0.15) is 12.0 Å². The van der Waals surface area contributed by atoms with Crippen LogP contribution >= 0.6 is 15.9 Å². The summed E-state index contributed by atoms with van der Waals surface area (Å²) in [6.07, 6.45) is 0.645. The lowest BCUT2D eigenvalue weighted by molar-refractivity contribution is 0.198. The van der Waals surface area contributed by atoms with Crippen molar-refractivity contribution in [1.82, 2.24) is 5.32 Å². The Kier molecular flexibility index (Phi) is 8.00. The molecule has 0 saturated heterocycles. The third-order valence-corrected chi connectivity index (χ3v) is 2.87. The molecule has 0 atom stereocenters. The van der Waals surface area contributed by atoms with Gasteiger partial charge in [-0.3, -0.25) is 0 Å². The highest BCUT2D eigenvalue weighted by molar-refractivity contribution is 9.10. The second kappa shape index (κ2) is 9.33. The fourth-order valence-electron chi connectivity index (χ4n) is 1.47. The smallest absolute Gasteiger partial charge is 0.123 e. The Morgan fingerprint density at radius 1 is 1.33 bits per heavy atom. The Hall–Kier alpha value is -0.620. The minimum atomic E-state index is 0.151. The number of benzene rings is 1. The number of hydrogen-bond acceptors (Lipinski definition) is 4. The lowest BCUT2D eigenvalue weighted by Gasteiger charge is -2.12. The van der Waals surface area contributed by atoms with Crippen molar-refractivity contribution in [3.05, 3.63) is 28.2 Å². The molecule has 0 amide bonds. The monoisotopic (exact) mass is 317 g/mol. The molecule has 5 heteroatoms. The molecule has 2 N–H and O–H groups in total. The lowest BCUT2D eigenvalue weighted by atomic mass is 10.2. The zero-order valence-corrected chi connectivity index (χ0v) is 12.2. The molecule has 0 heterocycles. The SMILES string of the molecule is COCCNCc1cc(Br)ccc1OCCCO. The zero-order chi connectivity index (χ0) is 13.2. The van der Waals surface area contributed by atoms with Gasteiger partial charge in [0.05, 0.1) is 13.2 Å². The van der Waals surface area contributed by atoms with Crippen LogP contribution in [0.15, 0.2) is 22.7 Å². The Bertz CT molecular complexity index is 347. The molecule has 102 valence electrons. The topological polar surface area (TPSA) is 50.7 Å². The van der Waals surface area contributed by atoms with Crippen LogP contribution in [0.2, 0.25) is 0 Å². The largest absolute Gasteiger partial charge is 0.493 e. The predicted molar refractivity (Wildman–Crippen MR) is 74.9 cm³/mol. The van der Waals surface area contributed by atoms with Gasteiger partial charge in [-0.15, -0.1) is 0 Å². The van der Waals surface area contributed by atoms with Gasteiger partial charge in [0.2, 0.25) is 0 Å². The van der Waals surface area contributed by atoms with Crippen molar-refractivity contribution in [3.63, 3.8) is 0 Å². The first-order chi connectivity index (χ1) is 8.77. The molecule has 0 aliphatic carbocycles. The van der Waals surface area contributed by atoms with Crippen molar-refractivity contribution < 1.29 is 14.6 Å². The molecule has 0 saturated carbocycles. The number of nitrogens with one attached hydrogen (secondary N) is 1. The standard InChI is InChI=1S/C13H20BrNO3/c1-17-8-5-15-10-11-9-12(14)3-4-13(11)18-7-2-6-16/h3-4,9,15-16H,2,5-8,10H2,1H3. The van der Waals surface area contributed by atoms with E-state index in [4.69, 9.17) is 14.6 Å². The summed E-state index contributed by atoms with van der Waals surface area (Å²) in [5.74, 6) is 0.858. The first kappa shape index (κ1) is 15.4. The molecule has 0 fully saturated rings. The van der Waals surface area contributed by atoms with Gasteiger partial charge < -0.3 is 19.9 Å². The van der Waals surface area contributed by atoms with E-state index >= 15 is 0 Å². The van der Waals surface area contributed by atoms with Gasteiger partial charge in [-0.05, 0) is 18.2 Å². The van der Waals surface area contributed by atoms with Gasteiger partial charge in [-0.2, -0.15) is 0 Å². The Labute approximate surface area is 116 Å². The third-order valence-electron chi connectivity index (χ3n) is 2.38. The van der Waals surface area contributed by atoms with Crippen molar-refractivity contribution in [2.24, 2.45) is 0 Å². The molecule has 1 aromatic carbocycles. The first-order valence-corrected chi connectivity index (χ1v) is 6.79. The summed E-state index contributed by atoms with van der Waals surface area (Å²) in [5, 5.41) is 12.0. The molecule has 4 nitrogen and oxygen atoms in total. The minimum absolute atomic E-state index is 0.151. The summed E-state index contributed by atoms with van der Waals surface area (Å²) < 4.78 is 11.6. The van der Waals surface area contributed by atoms with E-state index < -0.39 is 0 Å². The fraction of sp³-hybridized carbons (Fsp3) is 0.538. The Balaban J connectivity index is 2.53. The van der Waals surface area contributed by atoms with Crippen molar-refractivity contribution in [2.45, 2.75) is 13.0 Å². The summed E-state index contributed by atoms with van der Waals surface area (Å²) in [5.41, 5.74) is 1.10. The van der Waals surface area contributed by atoms with E-state index in [0.29, 0.717) is 19.6 Å². The highest BCUT2D eigenvalue weighted by Crippen LogP contribution is 2.23. The van der Waals surface area contributed by atoms with Crippen LogP contribution in [0.25, 0.3) is 0 Å². The van der Waals surface area contributed by atoms with Crippen LogP contribution in [0.5, 0.6) is 5.75 Å². The summed E-state index contributed by atoms with van der Waals surface area (Å²) in [7, 11) is 1.68. The molecular weight excluding hydrogens is 298 g/mol. The maximum absolute atomic E-state index is 8.74. The van der Waals surface area contributed by atoms with Crippen LogP contribution < -0.4 is 10.1 Å². The second-order valence-electron chi connectivity index (χ2n) is 3.85. The van der Waals surface area contributed by atoms with E-state index in [-0.39, 0.29) is 6.61 Å². The van der Waals surface area contributed by atoms with Crippen LogP contribution in [0.4, 0.5) is 0 Å². The molecular formula is C13H20BrNO3. The maximum Gasteiger partial charge on any atom is 0.123 e. The molecule has 0 unspecified atom stereocenters. The number of hydrogen-bond donors (Lipinski definition) is 2. The van der Waals surface area contributed by atoms with Crippen molar-refractivity contribution in [3.8, 4) is 5.75 Å². The summed E-state index contributed by atoms with van der Waals surface area (Å²) in [6, 6.07) is 5.93. The number of methoxy groups -OCH3 is 1. The highest BCUT2D eigenvalue weighted by Gasteiger charge is 2.04. The number of halogens is 1. The van der Waals surface area contributed by atoms with E-state index in [9.17, 15) is 0 Å². The maximum atomic E-state index is 8.74. The summed E-state index contributed by atoms with van der Waals surface area (Å²) in [6.45, 7) is 2.91. The number of rotatable bonds is 9. The average molecular weight is 318 g/mol. The first-order valence-electron chi connectivity index (χ1n) is 5.99. The van der Waals surface area contributed by atoms with Gasteiger partial charge in [0.1, 0.15) is 5.75 Å². The van der Waals surface area contributed by atoms with Gasteiger partial charge >= 0.3 is 0 Å². The molecule has 0 spiro atoms. The van der Waals surface area contributed by atoms with Crippen LogP contribution in [-0.4, -0.2) is 38.6 Å². The normalized spacial score (nSPS) is 10.6. The number of aliphatic hydroxyl groups is 1. The number of aliphatic hydroxyl groups excluding tert-OH is 1. The molecule has 0 aliphatic rings. The van der Waals surface area contributed by atoms with E-state index in [1.807, 2.05) is 18.2 Å². The molecule has 0 radical (unpaired) electrons. The predicted octanol–water partition coefficient (Wildman–Crippen LogP) is 1.95. The highest BCUT2D eigenvalue weighted by atomic mass is 79.9. The summed E-state index contributed by atoms with van der Waals surface area (Å²) in [4.78, 5) is 0. The fourth-order valence-corrected chi connectivity index (χ4v) is 1.88. The summed E-state index contributed by atoms with van der Waals surface area (Å²) >= 11 is 3.45. The van der Waals surface area contributed by atoms with Gasteiger partial charge in [0.25, 0.3) is 0 Å². The van der Waals surface area contributed by atoms with Crippen molar-refractivity contribution >= 4 is 15.9 Å². The number of ether oxygens (including phenoxy) is 2. The van der Waals surface area contributed by atoms with E-state index in [0.717, 1.165) is 28.9 Å². The van der Waals surface area contributed by atoms with Gasteiger partial charge in [-0.25, -0.2) is 0 Å². The molecule has 0 bridgehead atoms. The quantitative estimate of drug-likeness (QED) is 0.683. The second-order valence-corrected chi connectivity index (χ2v) is 4.76. The molecule has 1 aromatic rings. The van der Waals surface area contributed by atoms with Crippen molar-refractivity contribution in [1.29, 1.82) is 0 Å². The lowest BCUT2D eigenvalue weighted by Crippen LogP contribution is -2.19. The van der Waals surface area contributed by atoms with E-state index in [1.54, 1.807) is 7.11 Å². The molecule has 18 heavy (non-hydrogen) atoms. The van der Waals surface area contributed by atoms with Crippen LogP contribution in [0.3, 0.4) is 0 Å².